The second kappa shape index (κ2) is 7.92. The molecule has 0 aromatic carbocycles. The molecule has 1 saturated heterocycles. The summed E-state index contributed by atoms with van der Waals surface area (Å²) in [4.78, 5) is 27.9. The van der Waals surface area contributed by atoms with Gasteiger partial charge in [0.2, 0.25) is 16.8 Å². The van der Waals surface area contributed by atoms with Crippen LogP contribution in [0.25, 0.3) is 4.96 Å². The van der Waals surface area contributed by atoms with Crippen LogP contribution in [-0.2, 0) is 16.0 Å². The van der Waals surface area contributed by atoms with Crippen molar-refractivity contribution in [2.45, 2.75) is 76.8 Å². The Morgan fingerprint density at radius 2 is 1.96 bits per heavy atom. The maximum Gasteiger partial charge on any atom is 0.243 e. The van der Waals surface area contributed by atoms with Crippen molar-refractivity contribution in [2.75, 3.05) is 6.54 Å². The fraction of sp³-hybridized carbons (Fsp3) is 0.722. The third kappa shape index (κ3) is 3.97. The highest BCUT2D eigenvalue weighted by Gasteiger charge is 2.34. The summed E-state index contributed by atoms with van der Waals surface area (Å²) in [5, 5.41) is 16.5. The van der Waals surface area contributed by atoms with Crippen molar-refractivity contribution < 1.29 is 9.59 Å². The Labute approximate surface area is 162 Å². The largest absolute Gasteiger partial charge is 0.352 e. The SMILES string of the molecule is Cc1nnc2sc(CCC(=O)N3CCCC3C(=O)NC3CCCCC3)nn12. The summed E-state index contributed by atoms with van der Waals surface area (Å²) in [6.45, 7) is 2.53. The van der Waals surface area contributed by atoms with Crippen LogP contribution in [0.3, 0.4) is 0 Å². The van der Waals surface area contributed by atoms with Gasteiger partial charge in [0.15, 0.2) is 5.82 Å². The minimum atomic E-state index is -0.306. The van der Waals surface area contributed by atoms with Crippen molar-refractivity contribution in [3.8, 4) is 0 Å². The maximum absolute atomic E-state index is 12.7. The van der Waals surface area contributed by atoms with Crippen LogP contribution in [0.5, 0.6) is 0 Å². The molecule has 9 heteroatoms. The van der Waals surface area contributed by atoms with E-state index in [0.717, 1.165) is 41.5 Å². The van der Waals surface area contributed by atoms with E-state index < -0.39 is 0 Å². The number of carbonyl (C=O) groups is 2. The van der Waals surface area contributed by atoms with Crippen LogP contribution in [0, 0.1) is 6.92 Å². The van der Waals surface area contributed by atoms with Crippen molar-refractivity contribution in [3.05, 3.63) is 10.8 Å². The van der Waals surface area contributed by atoms with E-state index in [1.165, 1.54) is 30.6 Å². The lowest BCUT2D eigenvalue weighted by atomic mass is 9.95. The molecule has 1 unspecified atom stereocenters. The Bertz CT molecular complexity index is 825. The zero-order valence-electron chi connectivity index (χ0n) is 15.7. The maximum atomic E-state index is 12.7. The Morgan fingerprint density at radius 3 is 2.74 bits per heavy atom. The molecule has 8 nitrogen and oxygen atoms in total. The quantitative estimate of drug-likeness (QED) is 0.841. The normalized spacial score (nSPS) is 21.1. The fourth-order valence-electron chi connectivity index (χ4n) is 4.09. The summed E-state index contributed by atoms with van der Waals surface area (Å²) < 4.78 is 1.71. The van der Waals surface area contributed by atoms with Crippen LogP contribution < -0.4 is 5.32 Å². The third-order valence-corrected chi connectivity index (χ3v) is 6.53. The van der Waals surface area contributed by atoms with Crippen LogP contribution in [0.2, 0.25) is 0 Å². The zero-order chi connectivity index (χ0) is 18.8. The predicted octanol–water partition coefficient (Wildman–Crippen LogP) is 1.87. The summed E-state index contributed by atoms with van der Waals surface area (Å²) in [5.41, 5.74) is 0. The molecule has 1 saturated carbocycles. The molecule has 1 aliphatic heterocycles. The van der Waals surface area contributed by atoms with Crippen LogP contribution >= 0.6 is 11.3 Å². The molecule has 1 N–H and O–H groups in total. The van der Waals surface area contributed by atoms with Crippen molar-refractivity contribution in [1.29, 1.82) is 0 Å². The lowest BCUT2D eigenvalue weighted by Gasteiger charge is -2.28. The average molecular weight is 391 g/mol. The van der Waals surface area contributed by atoms with Gasteiger partial charge in [-0.3, -0.25) is 9.59 Å². The number of hydrogen-bond donors (Lipinski definition) is 1. The third-order valence-electron chi connectivity index (χ3n) is 5.57. The van der Waals surface area contributed by atoms with E-state index in [1.807, 2.05) is 6.92 Å². The number of fused-ring (bicyclic) bond motifs is 1. The number of aryl methyl sites for hydroxylation is 2. The van der Waals surface area contributed by atoms with Crippen molar-refractivity contribution in [3.63, 3.8) is 0 Å². The minimum Gasteiger partial charge on any atom is -0.352 e. The van der Waals surface area contributed by atoms with Crippen molar-refractivity contribution in [1.82, 2.24) is 30.0 Å². The first-order chi connectivity index (χ1) is 13.1. The minimum absolute atomic E-state index is 0.0298. The van der Waals surface area contributed by atoms with Gasteiger partial charge in [-0.1, -0.05) is 30.6 Å². The number of nitrogens with one attached hydrogen (secondary N) is 1. The molecule has 0 spiro atoms. The first-order valence-corrected chi connectivity index (χ1v) is 10.7. The standard InChI is InChI=1S/C18H26N6O2S/c1-12-20-21-18-24(12)22-15(27-18)9-10-16(25)23-11-5-8-14(23)17(26)19-13-6-3-2-4-7-13/h13-14H,2-11H2,1H3,(H,19,26). The molecule has 27 heavy (non-hydrogen) atoms. The van der Waals surface area contributed by atoms with Gasteiger partial charge >= 0.3 is 0 Å². The number of carbonyl (C=O) groups excluding carboxylic acids is 2. The molecule has 146 valence electrons. The van der Waals surface area contributed by atoms with E-state index in [1.54, 1.807) is 9.42 Å². The first-order valence-electron chi connectivity index (χ1n) is 9.89. The Balaban J connectivity index is 1.33. The van der Waals surface area contributed by atoms with Crippen LogP contribution in [0.15, 0.2) is 0 Å². The van der Waals surface area contributed by atoms with Crippen LogP contribution in [-0.4, -0.2) is 55.2 Å². The molecule has 3 heterocycles. The van der Waals surface area contributed by atoms with Crippen molar-refractivity contribution >= 4 is 28.1 Å². The van der Waals surface area contributed by atoms with Gasteiger partial charge < -0.3 is 10.2 Å². The summed E-state index contributed by atoms with van der Waals surface area (Å²) in [6.07, 6.45) is 8.35. The monoisotopic (exact) mass is 390 g/mol. The number of rotatable bonds is 5. The molecule has 0 radical (unpaired) electrons. The van der Waals surface area contributed by atoms with Crippen LogP contribution in [0.4, 0.5) is 0 Å². The molecule has 2 amide bonds. The van der Waals surface area contributed by atoms with Gasteiger partial charge in [0.25, 0.3) is 0 Å². The lowest BCUT2D eigenvalue weighted by Crippen LogP contribution is -2.49. The summed E-state index contributed by atoms with van der Waals surface area (Å²) in [6, 6.07) is -0.0216. The van der Waals surface area contributed by atoms with Gasteiger partial charge in [-0.15, -0.1) is 10.2 Å². The Kier molecular flexibility index (Phi) is 5.38. The number of hydrogen-bond acceptors (Lipinski definition) is 6. The molecule has 1 atom stereocenters. The lowest BCUT2D eigenvalue weighted by molar-refractivity contribution is -0.138. The average Bonchev–Trinajstić information content (AvgIpc) is 3.38. The summed E-state index contributed by atoms with van der Waals surface area (Å²) >= 11 is 1.46. The van der Waals surface area contributed by atoms with E-state index in [0.29, 0.717) is 19.4 Å². The fourth-order valence-corrected chi connectivity index (χ4v) is 4.97. The molecular formula is C18H26N6O2S. The molecule has 2 aliphatic rings. The molecule has 2 aromatic heterocycles. The van der Waals surface area contributed by atoms with Crippen LogP contribution in [0.1, 0.15) is 62.2 Å². The molecule has 2 fully saturated rings. The van der Waals surface area contributed by atoms with E-state index in [4.69, 9.17) is 0 Å². The number of aromatic nitrogens is 4. The zero-order valence-corrected chi connectivity index (χ0v) is 16.5. The Morgan fingerprint density at radius 1 is 1.15 bits per heavy atom. The first kappa shape index (κ1) is 18.3. The van der Waals surface area contributed by atoms with E-state index >= 15 is 0 Å². The highest BCUT2D eigenvalue weighted by molar-refractivity contribution is 7.16. The second-order valence-electron chi connectivity index (χ2n) is 7.53. The number of amides is 2. The molecule has 2 aromatic rings. The summed E-state index contributed by atoms with van der Waals surface area (Å²) in [7, 11) is 0. The van der Waals surface area contributed by atoms with Gasteiger partial charge in [0.05, 0.1) is 0 Å². The van der Waals surface area contributed by atoms with Gasteiger partial charge in [-0.05, 0) is 32.6 Å². The van der Waals surface area contributed by atoms with E-state index in [2.05, 4.69) is 20.6 Å². The molecular weight excluding hydrogens is 364 g/mol. The van der Waals surface area contributed by atoms with Crippen molar-refractivity contribution in [2.24, 2.45) is 0 Å². The van der Waals surface area contributed by atoms with Gasteiger partial charge in [0, 0.05) is 25.4 Å². The smallest absolute Gasteiger partial charge is 0.243 e. The highest BCUT2D eigenvalue weighted by atomic mass is 32.1. The predicted molar refractivity (Wildman–Crippen MR) is 101 cm³/mol. The highest BCUT2D eigenvalue weighted by Crippen LogP contribution is 2.22. The van der Waals surface area contributed by atoms with Gasteiger partial charge in [-0.2, -0.15) is 9.61 Å². The number of likely N-dealkylation sites (tertiary alicyclic amines) is 1. The van der Waals surface area contributed by atoms with E-state index in [-0.39, 0.29) is 23.9 Å². The van der Waals surface area contributed by atoms with E-state index in [9.17, 15) is 9.59 Å². The molecule has 0 bridgehead atoms. The van der Waals surface area contributed by atoms with Gasteiger partial charge in [-0.25, -0.2) is 0 Å². The molecule has 1 aliphatic carbocycles. The second-order valence-corrected chi connectivity index (χ2v) is 8.57. The topological polar surface area (TPSA) is 92.5 Å². The molecule has 4 rings (SSSR count). The Hall–Kier alpha value is -2.03. The summed E-state index contributed by atoms with van der Waals surface area (Å²) in [5.74, 6) is 0.818. The van der Waals surface area contributed by atoms with Gasteiger partial charge in [0.1, 0.15) is 11.0 Å². The number of nitrogens with zero attached hydrogens (tertiary/aromatic N) is 5.